The standard InChI is InChI=1S/C9H10FNO2/c1-6-3-4-7(10)8(5-6)13-9(12)11-2/h3-5H,1-2H3,(H,11,12). The molecule has 70 valence electrons. The second-order valence-corrected chi connectivity index (χ2v) is 2.57. The predicted molar refractivity (Wildman–Crippen MR) is 46.2 cm³/mol. The van der Waals surface area contributed by atoms with E-state index in [1.165, 1.54) is 19.2 Å². The van der Waals surface area contributed by atoms with Crippen LogP contribution in [0.1, 0.15) is 5.56 Å². The molecule has 0 fully saturated rings. The van der Waals surface area contributed by atoms with E-state index in [0.29, 0.717) is 0 Å². The summed E-state index contributed by atoms with van der Waals surface area (Å²) < 4.78 is 17.6. The average molecular weight is 183 g/mol. The van der Waals surface area contributed by atoms with Gasteiger partial charge in [0.1, 0.15) is 0 Å². The number of rotatable bonds is 1. The van der Waals surface area contributed by atoms with Gasteiger partial charge in [-0.2, -0.15) is 0 Å². The maximum absolute atomic E-state index is 13.0. The van der Waals surface area contributed by atoms with E-state index in [1.807, 2.05) is 0 Å². The number of halogens is 1. The molecule has 1 aromatic rings. The number of nitrogens with one attached hydrogen (secondary N) is 1. The zero-order chi connectivity index (χ0) is 9.84. The van der Waals surface area contributed by atoms with Gasteiger partial charge in [0.25, 0.3) is 0 Å². The first-order valence-electron chi connectivity index (χ1n) is 3.79. The van der Waals surface area contributed by atoms with Crippen LogP contribution in [0.2, 0.25) is 0 Å². The highest BCUT2D eigenvalue weighted by atomic mass is 19.1. The molecule has 0 saturated heterocycles. The number of aryl methyl sites for hydroxylation is 1. The summed E-state index contributed by atoms with van der Waals surface area (Å²) in [6, 6.07) is 4.32. The van der Waals surface area contributed by atoms with Gasteiger partial charge in [0, 0.05) is 7.05 Å². The monoisotopic (exact) mass is 183 g/mol. The van der Waals surface area contributed by atoms with Gasteiger partial charge in [-0.15, -0.1) is 0 Å². The average Bonchev–Trinajstić information content (AvgIpc) is 2.11. The zero-order valence-corrected chi connectivity index (χ0v) is 7.43. The summed E-state index contributed by atoms with van der Waals surface area (Å²) in [5, 5.41) is 2.23. The minimum atomic E-state index is -0.676. The lowest BCUT2D eigenvalue weighted by Gasteiger charge is -2.04. The fourth-order valence-electron chi connectivity index (χ4n) is 0.840. The largest absolute Gasteiger partial charge is 0.412 e. The van der Waals surface area contributed by atoms with Gasteiger partial charge in [-0.3, -0.25) is 0 Å². The van der Waals surface area contributed by atoms with Crippen LogP contribution in [-0.2, 0) is 0 Å². The molecule has 0 heterocycles. The minimum absolute atomic E-state index is 0.0562. The highest BCUT2D eigenvalue weighted by Gasteiger charge is 2.06. The summed E-state index contributed by atoms with van der Waals surface area (Å²) in [5.41, 5.74) is 0.834. The summed E-state index contributed by atoms with van der Waals surface area (Å²) in [6.45, 7) is 1.79. The van der Waals surface area contributed by atoms with Gasteiger partial charge in [0.15, 0.2) is 11.6 Å². The summed E-state index contributed by atoms with van der Waals surface area (Å²) in [7, 11) is 1.41. The van der Waals surface area contributed by atoms with E-state index in [4.69, 9.17) is 0 Å². The Balaban J connectivity index is 2.87. The maximum Gasteiger partial charge on any atom is 0.412 e. The van der Waals surface area contributed by atoms with Crippen molar-refractivity contribution in [3.8, 4) is 5.75 Å². The summed E-state index contributed by atoms with van der Waals surface area (Å²) in [6.07, 6.45) is -0.676. The molecule has 0 aliphatic heterocycles. The molecule has 3 nitrogen and oxygen atoms in total. The van der Waals surface area contributed by atoms with Crippen LogP contribution in [0.5, 0.6) is 5.75 Å². The van der Waals surface area contributed by atoms with Crippen molar-refractivity contribution in [3.63, 3.8) is 0 Å². The summed E-state index contributed by atoms with van der Waals surface area (Å²) in [5.74, 6) is -0.603. The van der Waals surface area contributed by atoms with Crippen LogP contribution >= 0.6 is 0 Å². The Labute approximate surface area is 75.5 Å². The molecule has 0 saturated carbocycles. The van der Waals surface area contributed by atoms with Crippen LogP contribution in [0.15, 0.2) is 18.2 Å². The van der Waals surface area contributed by atoms with Crippen molar-refractivity contribution in [1.82, 2.24) is 5.32 Å². The molecular weight excluding hydrogens is 173 g/mol. The molecule has 0 bridgehead atoms. The van der Waals surface area contributed by atoms with Crippen LogP contribution in [0.4, 0.5) is 9.18 Å². The van der Waals surface area contributed by atoms with Crippen molar-refractivity contribution in [2.24, 2.45) is 0 Å². The molecule has 0 aromatic heterocycles. The Morgan fingerprint density at radius 2 is 2.23 bits per heavy atom. The first-order valence-corrected chi connectivity index (χ1v) is 3.79. The number of hydrogen-bond acceptors (Lipinski definition) is 2. The number of hydrogen-bond donors (Lipinski definition) is 1. The lowest BCUT2D eigenvalue weighted by molar-refractivity contribution is 0.201. The van der Waals surface area contributed by atoms with Gasteiger partial charge in [-0.05, 0) is 24.6 Å². The topological polar surface area (TPSA) is 38.3 Å². The Morgan fingerprint density at radius 1 is 1.54 bits per heavy atom. The number of carbonyl (C=O) groups is 1. The molecule has 13 heavy (non-hydrogen) atoms. The quantitative estimate of drug-likeness (QED) is 0.721. The predicted octanol–water partition coefficient (Wildman–Crippen LogP) is 1.85. The number of benzene rings is 1. The van der Waals surface area contributed by atoms with Gasteiger partial charge in [0.2, 0.25) is 0 Å². The molecule has 4 heteroatoms. The first-order chi connectivity index (χ1) is 6.13. The molecule has 0 atom stereocenters. The SMILES string of the molecule is CNC(=O)Oc1cc(C)ccc1F. The molecule has 0 aliphatic carbocycles. The van der Waals surface area contributed by atoms with Crippen molar-refractivity contribution in [1.29, 1.82) is 0 Å². The number of amides is 1. The van der Waals surface area contributed by atoms with Crippen LogP contribution in [0.3, 0.4) is 0 Å². The highest BCUT2D eigenvalue weighted by Crippen LogP contribution is 2.18. The molecule has 1 aromatic carbocycles. The fraction of sp³-hybridized carbons (Fsp3) is 0.222. The van der Waals surface area contributed by atoms with Crippen LogP contribution in [0.25, 0.3) is 0 Å². The summed E-state index contributed by atoms with van der Waals surface area (Å²) >= 11 is 0. The van der Waals surface area contributed by atoms with E-state index in [-0.39, 0.29) is 5.75 Å². The van der Waals surface area contributed by atoms with E-state index >= 15 is 0 Å². The highest BCUT2D eigenvalue weighted by molar-refractivity contribution is 5.70. The van der Waals surface area contributed by atoms with Crippen LogP contribution < -0.4 is 10.1 Å². The van der Waals surface area contributed by atoms with Crippen molar-refractivity contribution in [2.45, 2.75) is 6.92 Å². The molecule has 1 N–H and O–H groups in total. The van der Waals surface area contributed by atoms with Gasteiger partial charge in [-0.1, -0.05) is 6.07 Å². The Morgan fingerprint density at radius 3 is 2.85 bits per heavy atom. The molecule has 1 amide bonds. The third-order valence-electron chi connectivity index (χ3n) is 1.49. The number of ether oxygens (including phenoxy) is 1. The zero-order valence-electron chi connectivity index (χ0n) is 7.43. The van der Waals surface area contributed by atoms with Crippen LogP contribution in [-0.4, -0.2) is 13.1 Å². The Bertz CT molecular complexity index is 325. The maximum atomic E-state index is 13.0. The Hall–Kier alpha value is -1.58. The lowest BCUT2D eigenvalue weighted by atomic mass is 10.2. The van der Waals surface area contributed by atoms with E-state index in [0.717, 1.165) is 5.56 Å². The van der Waals surface area contributed by atoms with Gasteiger partial charge < -0.3 is 10.1 Å². The smallest absolute Gasteiger partial charge is 0.407 e. The third-order valence-corrected chi connectivity index (χ3v) is 1.49. The second-order valence-electron chi connectivity index (χ2n) is 2.57. The normalized spacial score (nSPS) is 9.46. The molecule has 0 radical (unpaired) electrons. The van der Waals surface area contributed by atoms with Crippen molar-refractivity contribution in [2.75, 3.05) is 7.05 Å². The molecule has 0 unspecified atom stereocenters. The molecule has 0 spiro atoms. The minimum Gasteiger partial charge on any atom is -0.407 e. The van der Waals surface area contributed by atoms with Crippen molar-refractivity contribution < 1.29 is 13.9 Å². The van der Waals surface area contributed by atoms with E-state index in [2.05, 4.69) is 10.1 Å². The van der Waals surface area contributed by atoms with Gasteiger partial charge in [-0.25, -0.2) is 9.18 Å². The van der Waals surface area contributed by atoms with Gasteiger partial charge in [0.05, 0.1) is 0 Å². The first kappa shape index (κ1) is 9.51. The van der Waals surface area contributed by atoms with E-state index < -0.39 is 11.9 Å². The molecular formula is C9H10FNO2. The number of carbonyl (C=O) groups excluding carboxylic acids is 1. The molecule has 1 rings (SSSR count). The van der Waals surface area contributed by atoms with Crippen molar-refractivity contribution >= 4 is 6.09 Å². The summed E-state index contributed by atoms with van der Waals surface area (Å²) in [4.78, 5) is 10.7. The van der Waals surface area contributed by atoms with Gasteiger partial charge >= 0.3 is 6.09 Å². The van der Waals surface area contributed by atoms with Crippen molar-refractivity contribution in [3.05, 3.63) is 29.6 Å². The lowest BCUT2D eigenvalue weighted by Crippen LogP contribution is -2.22. The third kappa shape index (κ3) is 2.43. The second kappa shape index (κ2) is 3.89. The van der Waals surface area contributed by atoms with Crippen LogP contribution in [0, 0.1) is 12.7 Å². The fourth-order valence-corrected chi connectivity index (χ4v) is 0.840. The van der Waals surface area contributed by atoms with E-state index in [1.54, 1.807) is 13.0 Å². The molecule has 0 aliphatic rings. The van der Waals surface area contributed by atoms with E-state index in [9.17, 15) is 9.18 Å². The Kier molecular flexibility index (Phi) is 2.84.